The highest BCUT2D eigenvalue weighted by Gasteiger charge is 2.30. The number of piperazine rings is 1. The molecule has 0 unspecified atom stereocenters. The molecule has 0 amide bonds. The molecule has 1 saturated heterocycles. The second-order valence-corrected chi connectivity index (χ2v) is 7.07. The summed E-state index contributed by atoms with van der Waals surface area (Å²) in [6, 6.07) is 10.5. The van der Waals surface area contributed by atoms with Crippen LogP contribution in [0.15, 0.2) is 48.8 Å². The van der Waals surface area contributed by atoms with Crippen LogP contribution in [0.3, 0.4) is 0 Å². The van der Waals surface area contributed by atoms with Crippen LogP contribution in [-0.4, -0.2) is 48.2 Å². The minimum absolute atomic E-state index is 0.124. The number of hydrogen-bond acceptors (Lipinski definition) is 8. The largest absolute Gasteiger partial charge is 0.497 e. The van der Waals surface area contributed by atoms with Crippen LogP contribution in [0.4, 0.5) is 37.5 Å². The first kappa shape index (κ1) is 21.2. The lowest BCUT2D eigenvalue weighted by atomic mass is 10.2. The van der Waals surface area contributed by atoms with Crippen molar-refractivity contribution in [2.75, 3.05) is 48.4 Å². The van der Waals surface area contributed by atoms with Gasteiger partial charge in [0.2, 0.25) is 11.6 Å². The first-order valence-electron chi connectivity index (χ1n) is 9.81. The minimum Gasteiger partial charge on any atom is -0.497 e. The first-order chi connectivity index (χ1) is 15.5. The zero-order chi connectivity index (χ0) is 22.7. The molecule has 2 aromatic carbocycles. The summed E-state index contributed by atoms with van der Waals surface area (Å²) < 4.78 is 32.7. The van der Waals surface area contributed by atoms with Crippen molar-refractivity contribution in [1.29, 1.82) is 0 Å². The van der Waals surface area contributed by atoms with Crippen LogP contribution in [0.5, 0.6) is 5.75 Å². The fourth-order valence-electron chi connectivity index (χ4n) is 3.55. The Hall–Kier alpha value is -4.02. The fraction of sp³-hybridized carbons (Fsp3) is 0.238. The SMILES string of the molecule is COc1ccc(N2CCN(c3ncnc(Nc4cc(F)ccc4F)c3[N+](=O)[O-])CC2)cc1. The number of ether oxygens (including phenoxy) is 1. The molecular weight excluding hydrogens is 422 g/mol. The average molecular weight is 442 g/mol. The molecule has 0 saturated carbocycles. The molecule has 1 aliphatic heterocycles. The summed E-state index contributed by atoms with van der Waals surface area (Å²) in [5.41, 5.74) is 0.378. The summed E-state index contributed by atoms with van der Waals surface area (Å²) in [5.74, 6) is -0.756. The molecular formula is C21H20F2N6O3. The molecule has 166 valence electrons. The number of nitro groups is 1. The Labute approximate surface area is 182 Å². The number of halogens is 2. The molecule has 1 N–H and O–H groups in total. The van der Waals surface area contributed by atoms with E-state index in [1.165, 1.54) is 0 Å². The zero-order valence-corrected chi connectivity index (χ0v) is 17.2. The van der Waals surface area contributed by atoms with Crippen LogP contribution in [-0.2, 0) is 0 Å². The van der Waals surface area contributed by atoms with Gasteiger partial charge in [-0.2, -0.15) is 0 Å². The van der Waals surface area contributed by atoms with E-state index in [1.807, 2.05) is 24.3 Å². The third-order valence-corrected chi connectivity index (χ3v) is 5.18. The predicted molar refractivity (Wildman–Crippen MR) is 116 cm³/mol. The van der Waals surface area contributed by atoms with E-state index in [2.05, 4.69) is 20.2 Å². The van der Waals surface area contributed by atoms with Crippen molar-refractivity contribution in [2.24, 2.45) is 0 Å². The smallest absolute Gasteiger partial charge is 0.353 e. The van der Waals surface area contributed by atoms with Gasteiger partial charge in [-0.05, 0) is 36.4 Å². The van der Waals surface area contributed by atoms with E-state index >= 15 is 0 Å². The van der Waals surface area contributed by atoms with E-state index in [0.717, 1.165) is 36.0 Å². The van der Waals surface area contributed by atoms with Gasteiger partial charge in [-0.3, -0.25) is 10.1 Å². The van der Waals surface area contributed by atoms with Gasteiger partial charge in [0, 0.05) is 37.9 Å². The molecule has 0 spiro atoms. The van der Waals surface area contributed by atoms with E-state index in [4.69, 9.17) is 4.74 Å². The molecule has 2 heterocycles. The molecule has 0 radical (unpaired) electrons. The number of nitrogens with one attached hydrogen (secondary N) is 1. The summed E-state index contributed by atoms with van der Waals surface area (Å²) in [7, 11) is 1.61. The highest BCUT2D eigenvalue weighted by molar-refractivity contribution is 5.75. The Morgan fingerprint density at radius 1 is 1.03 bits per heavy atom. The Bertz CT molecular complexity index is 1120. The number of anilines is 4. The van der Waals surface area contributed by atoms with Crippen molar-refractivity contribution in [3.05, 3.63) is 70.5 Å². The fourth-order valence-corrected chi connectivity index (χ4v) is 3.55. The van der Waals surface area contributed by atoms with Crippen LogP contribution in [0.2, 0.25) is 0 Å². The third kappa shape index (κ3) is 4.36. The van der Waals surface area contributed by atoms with Gasteiger partial charge in [-0.15, -0.1) is 0 Å². The number of hydrogen-bond donors (Lipinski definition) is 1. The van der Waals surface area contributed by atoms with Gasteiger partial charge in [-0.1, -0.05) is 0 Å². The molecule has 1 fully saturated rings. The van der Waals surface area contributed by atoms with Gasteiger partial charge >= 0.3 is 5.69 Å². The van der Waals surface area contributed by atoms with Gasteiger partial charge in [-0.25, -0.2) is 18.7 Å². The molecule has 0 bridgehead atoms. The number of nitrogens with zero attached hydrogens (tertiary/aromatic N) is 5. The van der Waals surface area contributed by atoms with E-state index in [1.54, 1.807) is 12.0 Å². The van der Waals surface area contributed by atoms with Crippen LogP contribution in [0, 0.1) is 21.7 Å². The maximum Gasteiger partial charge on any atom is 0.353 e. The quantitative estimate of drug-likeness (QED) is 0.456. The second kappa shape index (κ2) is 9.00. The molecule has 0 atom stereocenters. The van der Waals surface area contributed by atoms with Crippen LogP contribution < -0.4 is 19.9 Å². The van der Waals surface area contributed by atoms with E-state index in [9.17, 15) is 18.9 Å². The predicted octanol–water partition coefficient (Wildman–Crippen LogP) is 3.74. The number of aromatic nitrogens is 2. The summed E-state index contributed by atoms with van der Waals surface area (Å²) >= 11 is 0. The summed E-state index contributed by atoms with van der Waals surface area (Å²) in [4.78, 5) is 23.2. The number of methoxy groups -OCH3 is 1. The lowest BCUT2D eigenvalue weighted by Gasteiger charge is -2.36. The highest BCUT2D eigenvalue weighted by atomic mass is 19.1. The average Bonchev–Trinajstić information content (AvgIpc) is 2.81. The van der Waals surface area contributed by atoms with E-state index < -0.39 is 22.2 Å². The normalized spacial score (nSPS) is 13.7. The summed E-state index contributed by atoms with van der Waals surface area (Å²) in [6.07, 6.45) is 1.16. The second-order valence-electron chi connectivity index (χ2n) is 7.07. The third-order valence-electron chi connectivity index (χ3n) is 5.18. The zero-order valence-electron chi connectivity index (χ0n) is 17.2. The Morgan fingerprint density at radius 2 is 1.72 bits per heavy atom. The standard InChI is InChI=1S/C21H20F2N6O3/c1-32-16-5-3-15(4-6-16)27-8-10-28(11-9-27)21-19(29(30)31)20(24-13-25-21)26-18-12-14(22)2-7-17(18)23/h2-7,12-13H,8-11H2,1H3,(H,24,25,26). The summed E-state index contributed by atoms with van der Waals surface area (Å²) in [6.45, 7) is 2.21. The molecule has 1 aliphatic rings. The minimum atomic E-state index is -0.756. The van der Waals surface area contributed by atoms with Crippen LogP contribution >= 0.6 is 0 Å². The van der Waals surface area contributed by atoms with Gasteiger partial charge < -0.3 is 19.9 Å². The molecule has 9 nitrogen and oxygen atoms in total. The molecule has 3 aromatic rings. The lowest BCUT2D eigenvalue weighted by molar-refractivity contribution is -0.383. The molecule has 4 rings (SSSR count). The molecule has 1 aromatic heterocycles. The molecule has 11 heteroatoms. The first-order valence-corrected chi connectivity index (χ1v) is 9.81. The maximum absolute atomic E-state index is 14.0. The molecule has 0 aliphatic carbocycles. The molecule has 32 heavy (non-hydrogen) atoms. The summed E-state index contributed by atoms with van der Waals surface area (Å²) in [5, 5.41) is 14.4. The topological polar surface area (TPSA) is 96.7 Å². The van der Waals surface area contributed by atoms with E-state index in [-0.39, 0.29) is 17.3 Å². The van der Waals surface area contributed by atoms with Crippen molar-refractivity contribution in [1.82, 2.24) is 9.97 Å². The lowest BCUT2D eigenvalue weighted by Crippen LogP contribution is -2.47. The maximum atomic E-state index is 14.0. The van der Waals surface area contributed by atoms with Gasteiger partial charge in [0.15, 0.2) is 0 Å². The van der Waals surface area contributed by atoms with Crippen molar-refractivity contribution in [3.8, 4) is 5.75 Å². The van der Waals surface area contributed by atoms with Gasteiger partial charge in [0.1, 0.15) is 23.7 Å². The van der Waals surface area contributed by atoms with Crippen LogP contribution in [0.25, 0.3) is 0 Å². The van der Waals surface area contributed by atoms with Crippen molar-refractivity contribution in [2.45, 2.75) is 0 Å². The highest BCUT2D eigenvalue weighted by Crippen LogP contribution is 2.35. The number of benzene rings is 2. The van der Waals surface area contributed by atoms with Crippen molar-refractivity contribution < 1.29 is 18.4 Å². The Kier molecular flexibility index (Phi) is 5.97. The monoisotopic (exact) mass is 442 g/mol. The Balaban J connectivity index is 1.55. The van der Waals surface area contributed by atoms with E-state index in [0.29, 0.717) is 26.2 Å². The van der Waals surface area contributed by atoms with Crippen molar-refractivity contribution >= 4 is 28.7 Å². The Morgan fingerprint density at radius 3 is 2.38 bits per heavy atom. The van der Waals surface area contributed by atoms with Gasteiger partial charge in [0.05, 0.1) is 17.7 Å². The van der Waals surface area contributed by atoms with Gasteiger partial charge in [0.25, 0.3) is 0 Å². The van der Waals surface area contributed by atoms with Crippen molar-refractivity contribution in [3.63, 3.8) is 0 Å². The van der Waals surface area contributed by atoms with Crippen LogP contribution in [0.1, 0.15) is 0 Å². The number of rotatable bonds is 6.